The van der Waals surface area contributed by atoms with Crippen molar-refractivity contribution in [3.63, 3.8) is 0 Å². The fourth-order valence-corrected chi connectivity index (χ4v) is 7.81. The van der Waals surface area contributed by atoms with Crippen molar-refractivity contribution < 1.29 is 29.0 Å². The highest BCUT2D eigenvalue weighted by Crippen LogP contribution is 2.42. The topological polar surface area (TPSA) is 149 Å². The number of rotatable bonds is 8. The minimum absolute atomic E-state index is 0.0772. The van der Waals surface area contributed by atoms with Crippen LogP contribution < -0.4 is 26.6 Å². The number of aliphatic hydroxyl groups excluding tert-OH is 1. The average molecular weight is 665 g/mol. The van der Waals surface area contributed by atoms with Crippen LogP contribution in [0.3, 0.4) is 0 Å². The Morgan fingerprint density at radius 3 is 2.47 bits per heavy atom. The Labute approximate surface area is 284 Å². The molecule has 10 nitrogen and oxygen atoms in total. The standard InChI is InChI=1S/C39H44N4O6/c1-8-11-14-49-32(45)13-12-24-20(5)27-15-26-19(4)22(9-2)29(40-26)17-31-25(18-44)23(10-3)30(41-31)16-28-21(6)33-37(43-28)34(36(24)42-27)35(38(33)46)39(47)48-7/h8-9,11,15-18,20,24,35-36,40-44H,2,10,12-14H2,1,3-7H3/b11-8-,25-18+,27-15-,28-16-,31-17-/t20-,24-,35+,36?/m0/s1. The number of hydrogen-bond acceptors (Lipinski definition) is 7. The summed E-state index contributed by atoms with van der Waals surface area (Å²) in [6.45, 7) is 14.2. The number of nitrogens with one attached hydrogen (secondary N) is 4. The summed E-state index contributed by atoms with van der Waals surface area (Å²) in [7, 11) is 1.30. The van der Waals surface area contributed by atoms with Crippen LogP contribution in [0.1, 0.15) is 83.3 Å². The van der Waals surface area contributed by atoms with Gasteiger partial charge in [-0.15, -0.1) is 0 Å². The number of ether oxygens (including phenoxy) is 2. The minimum atomic E-state index is -1.13. The summed E-state index contributed by atoms with van der Waals surface area (Å²) in [5.74, 6) is -2.62. The van der Waals surface area contributed by atoms with Crippen molar-refractivity contribution in [2.24, 2.45) is 17.8 Å². The second kappa shape index (κ2) is 13.3. The van der Waals surface area contributed by atoms with Gasteiger partial charge in [0.15, 0.2) is 5.78 Å². The number of aromatic nitrogens is 3. The van der Waals surface area contributed by atoms with Crippen molar-refractivity contribution >= 4 is 53.9 Å². The highest BCUT2D eigenvalue weighted by Gasteiger charge is 2.49. The number of aromatic amines is 3. The first-order valence-corrected chi connectivity index (χ1v) is 16.8. The van der Waals surface area contributed by atoms with Crippen LogP contribution in [0.25, 0.3) is 36.1 Å². The van der Waals surface area contributed by atoms with Gasteiger partial charge >= 0.3 is 11.9 Å². The first-order chi connectivity index (χ1) is 23.6. The number of hydrogen-bond donors (Lipinski definition) is 5. The molecule has 1 unspecified atom stereocenters. The Morgan fingerprint density at radius 1 is 1.04 bits per heavy atom. The van der Waals surface area contributed by atoms with Gasteiger partial charge in [-0.3, -0.25) is 14.4 Å². The third-order valence-corrected chi connectivity index (χ3v) is 10.5. The van der Waals surface area contributed by atoms with E-state index in [1.165, 1.54) is 7.11 Å². The second-order valence-corrected chi connectivity index (χ2v) is 13.0. The van der Waals surface area contributed by atoms with E-state index in [2.05, 4.69) is 39.8 Å². The van der Waals surface area contributed by atoms with Crippen molar-refractivity contribution in [1.82, 2.24) is 20.3 Å². The zero-order chi connectivity index (χ0) is 35.1. The fourth-order valence-electron chi connectivity index (χ4n) is 7.81. The number of methoxy groups -OCH3 is 1. The molecule has 1 fully saturated rings. The van der Waals surface area contributed by atoms with Gasteiger partial charge in [0.05, 0.1) is 30.1 Å². The quantitative estimate of drug-likeness (QED) is 0.141. The molecule has 2 aliphatic heterocycles. The molecule has 0 aromatic carbocycles. The number of carbonyl (C=O) groups excluding carboxylic acids is 3. The van der Waals surface area contributed by atoms with E-state index in [0.29, 0.717) is 45.5 Å². The molecule has 8 bridgehead atoms. The number of allylic oxidation sites excluding steroid dienone is 2. The number of Topliss-reactive ketones (excluding diaryl/α,β-unsaturated/α-hetero) is 1. The van der Waals surface area contributed by atoms with Gasteiger partial charge in [0.2, 0.25) is 0 Å². The van der Waals surface area contributed by atoms with Crippen molar-refractivity contribution in [2.75, 3.05) is 13.7 Å². The summed E-state index contributed by atoms with van der Waals surface area (Å²) >= 11 is 0. The van der Waals surface area contributed by atoms with Crippen LogP contribution in [0.15, 0.2) is 24.4 Å². The van der Waals surface area contributed by atoms with Gasteiger partial charge in [0.1, 0.15) is 12.5 Å². The van der Waals surface area contributed by atoms with E-state index in [1.807, 2.05) is 52.0 Å². The minimum Gasteiger partial charge on any atom is -0.515 e. The Hall–Kier alpha value is -5.25. The molecule has 3 aliphatic rings. The van der Waals surface area contributed by atoms with Crippen molar-refractivity contribution in [2.45, 2.75) is 59.9 Å². The van der Waals surface area contributed by atoms with Crippen LogP contribution in [0, 0.1) is 31.6 Å². The van der Waals surface area contributed by atoms with Gasteiger partial charge in [-0.05, 0) is 80.0 Å². The zero-order valence-corrected chi connectivity index (χ0v) is 28.9. The number of H-pyrrole nitrogens is 3. The number of aliphatic hydroxyl groups is 1. The predicted octanol–water partition coefficient (Wildman–Crippen LogP) is 3.06. The highest BCUT2D eigenvalue weighted by molar-refractivity contribution is 6.19. The maximum atomic E-state index is 14.2. The summed E-state index contributed by atoms with van der Waals surface area (Å²) < 4.78 is 10.6. The summed E-state index contributed by atoms with van der Waals surface area (Å²) in [6, 6.07) is -0.461. The second-order valence-electron chi connectivity index (χ2n) is 13.0. The number of ketones is 1. The molecule has 5 N–H and O–H groups in total. The van der Waals surface area contributed by atoms with Gasteiger partial charge in [-0.1, -0.05) is 38.7 Å². The highest BCUT2D eigenvalue weighted by atomic mass is 16.5. The van der Waals surface area contributed by atoms with Gasteiger partial charge < -0.3 is 34.8 Å². The summed E-state index contributed by atoms with van der Waals surface area (Å²) in [5, 5.41) is 16.8. The number of carbonyl (C=O) groups is 3. The van der Waals surface area contributed by atoms with Gasteiger partial charge in [0, 0.05) is 56.8 Å². The number of esters is 2. The maximum Gasteiger partial charge on any atom is 0.320 e. The molecule has 0 spiro atoms. The SMILES string of the molecule is C=Cc1c2[nH]c(c1C)/C=C1\NC(C3=c4[nH]/c(c(C)c4C(=O)[C@@H]3C(=O)OC)=C\c3[nH]c(/c(=C/O)c3CC)=C\2)[C@@H](CCC(=O)OC/C=C\C)[C@@H]1C. The van der Waals surface area contributed by atoms with E-state index in [9.17, 15) is 19.5 Å². The van der Waals surface area contributed by atoms with E-state index in [1.54, 1.807) is 6.08 Å². The Bertz CT molecular complexity index is 2190. The lowest BCUT2D eigenvalue weighted by Gasteiger charge is -2.25. The average Bonchev–Trinajstić information content (AvgIpc) is 3.84. The smallest absolute Gasteiger partial charge is 0.320 e. The summed E-state index contributed by atoms with van der Waals surface area (Å²) in [6.07, 6.45) is 13.8. The van der Waals surface area contributed by atoms with Crippen LogP contribution in [0.5, 0.6) is 0 Å². The van der Waals surface area contributed by atoms with Crippen molar-refractivity contribution in [3.8, 4) is 0 Å². The molecule has 0 saturated carbocycles. The summed E-state index contributed by atoms with van der Waals surface area (Å²) in [5.41, 5.74) is 8.01. The van der Waals surface area contributed by atoms with E-state index in [4.69, 9.17) is 9.47 Å². The monoisotopic (exact) mass is 664 g/mol. The van der Waals surface area contributed by atoms with Gasteiger partial charge in [-0.25, -0.2) is 0 Å². The first-order valence-electron chi connectivity index (χ1n) is 16.8. The lowest BCUT2D eigenvalue weighted by molar-refractivity contribution is -0.143. The molecule has 1 aliphatic carbocycles. The molecule has 3 aromatic heterocycles. The molecule has 5 heterocycles. The van der Waals surface area contributed by atoms with Crippen LogP contribution in [-0.2, 0) is 25.5 Å². The summed E-state index contributed by atoms with van der Waals surface area (Å²) in [4.78, 5) is 51.0. The molecule has 0 amide bonds. The lowest BCUT2D eigenvalue weighted by Crippen LogP contribution is -2.38. The third-order valence-electron chi connectivity index (χ3n) is 10.5. The van der Waals surface area contributed by atoms with Crippen LogP contribution >= 0.6 is 0 Å². The Morgan fingerprint density at radius 2 is 1.80 bits per heavy atom. The molecular weight excluding hydrogens is 620 g/mol. The first kappa shape index (κ1) is 33.6. The fraction of sp³-hybridized carbons (Fsp3) is 0.359. The Kier molecular flexibility index (Phi) is 9.16. The van der Waals surface area contributed by atoms with Crippen molar-refractivity contribution in [1.29, 1.82) is 0 Å². The molecule has 6 rings (SSSR count). The van der Waals surface area contributed by atoms with Crippen LogP contribution in [0.4, 0.5) is 0 Å². The van der Waals surface area contributed by atoms with Crippen LogP contribution in [-0.4, -0.2) is 57.5 Å². The van der Waals surface area contributed by atoms with Crippen LogP contribution in [0.2, 0.25) is 0 Å². The molecule has 3 aromatic rings. The molecule has 256 valence electrons. The van der Waals surface area contributed by atoms with E-state index >= 15 is 0 Å². The zero-order valence-electron chi connectivity index (χ0n) is 28.9. The van der Waals surface area contributed by atoms with Gasteiger partial charge in [0.25, 0.3) is 0 Å². The molecular formula is C39H44N4O6. The normalized spacial score (nSPS) is 23.8. The molecule has 0 radical (unpaired) electrons. The predicted molar refractivity (Wildman–Crippen MR) is 190 cm³/mol. The molecule has 10 heteroatoms. The third kappa shape index (κ3) is 5.58. The van der Waals surface area contributed by atoms with Gasteiger partial charge in [-0.2, -0.15) is 0 Å². The van der Waals surface area contributed by atoms with E-state index in [0.717, 1.165) is 51.1 Å². The lowest BCUT2D eigenvalue weighted by atomic mass is 9.80. The van der Waals surface area contributed by atoms with E-state index < -0.39 is 17.9 Å². The Balaban J connectivity index is 1.65. The van der Waals surface area contributed by atoms with E-state index in [-0.39, 0.29) is 36.6 Å². The number of fused-ring (bicyclic) bond motifs is 8. The molecule has 4 atom stereocenters. The molecule has 49 heavy (non-hydrogen) atoms. The largest absolute Gasteiger partial charge is 0.515 e. The maximum absolute atomic E-state index is 14.2. The molecule has 1 saturated heterocycles. The van der Waals surface area contributed by atoms with Crippen molar-refractivity contribution in [3.05, 3.63) is 90.6 Å².